The number of amides is 3. The Morgan fingerprint density at radius 3 is 1.48 bits per heavy atom. The average molecular weight is 866 g/mol. The molecule has 0 fully saturated rings. The summed E-state index contributed by atoms with van der Waals surface area (Å²) in [4.78, 5) is 43.5. The van der Waals surface area contributed by atoms with Crippen molar-refractivity contribution in [3.8, 4) is 85.9 Å². The zero-order valence-electron chi connectivity index (χ0n) is 35.7. The molecule has 1 aliphatic rings. The van der Waals surface area contributed by atoms with Gasteiger partial charge in [0.15, 0.2) is 0 Å². The van der Waals surface area contributed by atoms with Crippen molar-refractivity contribution >= 4 is 17.7 Å². The van der Waals surface area contributed by atoms with Crippen LogP contribution in [0.2, 0.25) is 0 Å². The molecule has 1 heterocycles. The minimum absolute atomic E-state index is 0.00844. The zero-order valence-corrected chi connectivity index (χ0v) is 35.7. The van der Waals surface area contributed by atoms with E-state index in [1.54, 1.807) is 0 Å². The summed E-state index contributed by atoms with van der Waals surface area (Å²) in [6, 6.07) is 3.87. The number of carbonyl (C=O) groups excluding carboxylic acids is 3. The van der Waals surface area contributed by atoms with Crippen molar-refractivity contribution in [3.63, 3.8) is 0 Å². The summed E-state index contributed by atoms with van der Waals surface area (Å²) < 4.78 is 51.7. The van der Waals surface area contributed by atoms with Gasteiger partial charge in [-0.25, -0.2) is 0 Å². The van der Waals surface area contributed by atoms with Crippen molar-refractivity contribution in [2.24, 2.45) is 0 Å². The summed E-state index contributed by atoms with van der Waals surface area (Å²) in [5.74, 6) is 17.7. The fourth-order valence-corrected chi connectivity index (χ4v) is 5.77. The molecule has 334 valence electrons. The number of hydrogen-bond acceptors (Lipinski definition) is 12. The summed E-state index contributed by atoms with van der Waals surface area (Å²) in [6.07, 6.45) is 33.4. The zero-order chi connectivity index (χ0) is 46.2. The van der Waals surface area contributed by atoms with E-state index in [2.05, 4.69) is 69.9 Å². The number of hydrogen-bond donors (Lipinski definition) is 3. The molecule has 1 aromatic rings. The van der Waals surface area contributed by atoms with Crippen LogP contribution < -0.4 is 16.0 Å². The average Bonchev–Trinajstić information content (AvgIpc) is 3.26. The molecule has 0 saturated carbocycles. The molecule has 0 radical (unpaired) electrons. The van der Waals surface area contributed by atoms with E-state index in [1.807, 2.05) is 6.92 Å². The lowest BCUT2D eigenvalue weighted by atomic mass is 9.97. The second-order valence-electron chi connectivity index (χ2n) is 14.1. The normalized spacial score (nSPS) is 15.0. The summed E-state index contributed by atoms with van der Waals surface area (Å²) in [5, 5.41) is 8.75. The highest BCUT2D eigenvalue weighted by molar-refractivity contribution is 6.05. The molecule has 1 aromatic carbocycles. The molecule has 1 aliphatic heterocycles. The van der Waals surface area contributed by atoms with E-state index in [0.29, 0.717) is 18.6 Å². The highest BCUT2D eigenvalue weighted by Crippen LogP contribution is 2.19. The molecule has 15 nitrogen and oxygen atoms in total. The third-order valence-corrected chi connectivity index (χ3v) is 8.44. The third-order valence-electron chi connectivity index (χ3n) is 8.44. The van der Waals surface area contributed by atoms with Gasteiger partial charge in [0.25, 0.3) is 17.7 Å². The molecule has 3 amide bonds. The first-order valence-electron chi connectivity index (χ1n) is 19.6. The van der Waals surface area contributed by atoms with Gasteiger partial charge in [0.1, 0.15) is 62.9 Å². The van der Waals surface area contributed by atoms with Crippen LogP contribution in [0, 0.1) is 85.9 Å². The standard InChI is InChI=1S/C48H55N3O12/c1-9-18-55-30-46(31-56-19-10-2,32-57-20-11-3)49-43(52)40-26-41(44(53)50-47(33-58-21-12-4,34-59-22-13-5)35-60-23-14-6)28-42(27-40)45(54)51-48(36-61-24-15-7)37-62-25-16-17-39(8)29-63-38-48/h1-5,7,26-28H,8,14,18-25,29-38H2,6H3,(H,49,52)(H,50,53)(H,51,54). The second kappa shape index (κ2) is 30.1. The van der Waals surface area contributed by atoms with E-state index in [0.717, 1.165) is 0 Å². The van der Waals surface area contributed by atoms with Gasteiger partial charge in [-0.3, -0.25) is 14.4 Å². The quantitative estimate of drug-likeness (QED) is 0.0810. The van der Waals surface area contributed by atoms with E-state index < -0.39 is 34.3 Å². The fourth-order valence-electron chi connectivity index (χ4n) is 5.77. The highest BCUT2D eigenvalue weighted by atomic mass is 16.5. The third kappa shape index (κ3) is 19.7. The van der Waals surface area contributed by atoms with Crippen molar-refractivity contribution in [1.82, 2.24) is 16.0 Å². The first kappa shape index (κ1) is 53.1. The van der Waals surface area contributed by atoms with Gasteiger partial charge >= 0.3 is 0 Å². The Balaban J connectivity index is 2.81. The topological polar surface area (TPSA) is 170 Å². The molecule has 2 rings (SSSR count). The molecule has 0 aliphatic carbocycles. The van der Waals surface area contributed by atoms with Gasteiger partial charge in [0.05, 0.1) is 66.1 Å². The van der Waals surface area contributed by atoms with Crippen molar-refractivity contribution in [3.05, 3.63) is 47.0 Å². The smallest absolute Gasteiger partial charge is 0.251 e. The number of benzene rings is 1. The number of carbonyl (C=O) groups is 3. The molecule has 15 heteroatoms. The van der Waals surface area contributed by atoms with Crippen LogP contribution in [0.15, 0.2) is 30.4 Å². The Hall–Kier alpha value is -6.07. The van der Waals surface area contributed by atoms with E-state index in [9.17, 15) is 14.4 Å². The van der Waals surface area contributed by atoms with E-state index in [1.165, 1.54) is 18.2 Å². The SMILES string of the molecule is C#CCOCC(COCC#C)(COCC#C)NC(=O)c1cc(C(=O)NC(COCC#C)(COCC#C)COCCC)cc(C(=O)NC2(COCC#C)COCC#CC(=C)COC2)c1. The molecule has 0 bridgehead atoms. The molecular weight excluding hydrogens is 811 g/mol. The monoisotopic (exact) mass is 865 g/mol. The van der Waals surface area contributed by atoms with Crippen LogP contribution in [0.5, 0.6) is 0 Å². The lowest BCUT2D eigenvalue weighted by molar-refractivity contribution is -0.0262. The Kier molecular flexibility index (Phi) is 25.3. The lowest BCUT2D eigenvalue weighted by Gasteiger charge is -2.35. The Morgan fingerprint density at radius 2 is 1.05 bits per heavy atom. The van der Waals surface area contributed by atoms with E-state index >= 15 is 0 Å². The van der Waals surface area contributed by atoms with Crippen LogP contribution in [0.4, 0.5) is 0 Å². The van der Waals surface area contributed by atoms with Gasteiger partial charge in [-0.2, -0.15) is 0 Å². The van der Waals surface area contributed by atoms with Crippen LogP contribution >= 0.6 is 0 Å². The number of ether oxygens (including phenoxy) is 9. The van der Waals surface area contributed by atoms with Crippen LogP contribution in [0.25, 0.3) is 0 Å². The minimum Gasteiger partial charge on any atom is -0.379 e. The van der Waals surface area contributed by atoms with Crippen molar-refractivity contribution in [2.75, 3.05) is 119 Å². The summed E-state index contributed by atoms with van der Waals surface area (Å²) in [7, 11) is 0. The molecule has 0 spiro atoms. The summed E-state index contributed by atoms with van der Waals surface area (Å²) >= 11 is 0. The van der Waals surface area contributed by atoms with Crippen LogP contribution in [0.1, 0.15) is 44.4 Å². The molecule has 0 aromatic heterocycles. The Bertz CT molecular complexity index is 1920. The van der Waals surface area contributed by atoms with E-state index in [-0.39, 0.29) is 129 Å². The molecular formula is C48H55N3O12. The first-order chi connectivity index (χ1) is 30.5. The van der Waals surface area contributed by atoms with Gasteiger partial charge in [-0.05, 0) is 24.6 Å². The Morgan fingerprint density at radius 1 is 0.651 bits per heavy atom. The maximum Gasteiger partial charge on any atom is 0.251 e. The van der Waals surface area contributed by atoms with Crippen molar-refractivity contribution in [2.45, 2.75) is 30.0 Å². The largest absolute Gasteiger partial charge is 0.379 e. The molecule has 63 heavy (non-hydrogen) atoms. The van der Waals surface area contributed by atoms with Gasteiger partial charge in [0.2, 0.25) is 0 Å². The minimum atomic E-state index is -1.42. The van der Waals surface area contributed by atoms with E-state index in [4.69, 9.17) is 81.2 Å². The van der Waals surface area contributed by atoms with Gasteiger partial charge in [-0.1, -0.05) is 60.9 Å². The molecule has 0 saturated heterocycles. The highest BCUT2D eigenvalue weighted by Gasteiger charge is 2.38. The van der Waals surface area contributed by atoms with Crippen LogP contribution in [-0.2, 0) is 42.6 Å². The lowest BCUT2D eigenvalue weighted by Crippen LogP contribution is -2.59. The molecule has 1 atom stereocenters. The number of terminal acetylenes is 6. The van der Waals surface area contributed by atoms with Gasteiger partial charge < -0.3 is 58.6 Å². The van der Waals surface area contributed by atoms with Gasteiger partial charge in [0, 0.05) is 28.9 Å². The fraction of sp³-hybridized carbons (Fsp3) is 0.479. The predicted molar refractivity (Wildman–Crippen MR) is 235 cm³/mol. The number of rotatable bonds is 28. The Labute approximate surface area is 371 Å². The summed E-state index contributed by atoms with van der Waals surface area (Å²) in [6.45, 7) is 4.14. The van der Waals surface area contributed by atoms with Crippen LogP contribution in [0.3, 0.4) is 0 Å². The summed E-state index contributed by atoms with van der Waals surface area (Å²) in [5.41, 5.74) is -4.03. The number of nitrogens with one attached hydrogen (secondary N) is 3. The maximum absolute atomic E-state index is 14.5. The molecule has 3 N–H and O–H groups in total. The first-order valence-corrected chi connectivity index (χ1v) is 19.6. The van der Waals surface area contributed by atoms with Crippen LogP contribution in [-0.4, -0.2) is 153 Å². The van der Waals surface area contributed by atoms with Crippen molar-refractivity contribution < 1.29 is 57.0 Å². The van der Waals surface area contributed by atoms with Gasteiger partial charge in [-0.15, -0.1) is 38.5 Å². The second-order valence-corrected chi connectivity index (χ2v) is 14.1. The maximum atomic E-state index is 14.5. The predicted octanol–water partition coefficient (Wildman–Crippen LogP) is 1.02. The van der Waals surface area contributed by atoms with Crippen molar-refractivity contribution in [1.29, 1.82) is 0 Å². The molecule has 1 unspecified atom stereocenters.